The summed E-state index contributed by atoms with van der Waals surface area (Å²) in [5, 5.41) is 10.5. The second-order valence-electron chi connectivity index (χ2n) is 9.07. The number of fused-ring (bicyclic) bond motifs is 5. The molecule has 21 heavy (non-hydrogen) atoms. The van der Waals surface area contributed by atoms with Gasteiger partial charge in [0, 0.05) is 0 Å². The van der Waals surface area contributed by atoms with Crippen molar-refractivity contribution in [2.75, 3.05) is 0 Å². The summed E-state index contributed by atoms with van der Waals surface area (Å²) in [6.45, 7) is 9.12. The fourth-order valence-electron chi connectivity index (χ4n) is 6.94. The first-order valence-electron chi connectivity index (χ1n) is 9.36. The third kappa shape index (κ3) is 1.99. The minimum absolute atomic E-state index is 0.0220. The van der Waals surface area contributed by atoms with Crippen molar-refractivity contribution in [3.8, 4) is 0 Å². The molecule has 1 nitrogen and oxygen atoms in total. The molecule has 4 rings (SSSR count). The van der Waals surface area contributed by atoms with Crippen LogP contribution in [0.15, 0.2) is 12.2 Å². The van der Waals surface area contributed by atoms with E-state index >= 15 is 0 Å². The molecule has 0 spiro atoms. The fourth-order valence-corrected chi connectivity index (χ4v) is 6.94. The van der Waals surface area contributed by atoms with Crippen LogP contribution in [0, 0.1) is 40.9 Å². The van der Waals surface area contributed by atoms with Crippen molar-refractivity contribution in [3.63, 3.8) is 0 Å². The molecular weight excluding hydrogens is 256 g/mol. The van der Waals surface area contributed by atoms with E-state index in [4.69, 9.17) is 0 Å². The average molecular weight is 288 g/mol. The van der Waals surface area contributed by atoms with Crippen molar-refractivity contribution in [2.24, 2.45) is 40.9 Å². The van der Waals surface area contributed by atoms with E-state index in [0.29, 0.717) is 0 Å². The van der Waals surface area contributed by atoms with Crippen LogP contribution in [-0.4, -0.2) is 11.2 Å². The SMILES string of the molecule is C=C1C[C@@H]2CC[C@@H]3[C@H](CC[C@]4(C)[C@@H](O)CC[C@@H]34)[C@H]2C[C@@H]1C. The van der Waals surface area contributed by atoms with Crippen LogP contribution in [0.5, 0.6) is 0 Å². The summed E-state index contributed by atoms with van der Waals surface area (Å²) in [6, 6.07) is 0. The molecule has 4 aliphatic carbocycles. The molecule has 0 saturated heterocycles. The van der Waals surface area contributed by atoms with E-state index in [-0.39, 0.29) is 11.5 Å². The quantitative estimate of drug-likeness (QED) is 0.635. The van der Waals surface area contributed by atoms with Crippen LogP contribution >= 0.6 is 0 Å². The van der Waals surface area contributed by atoms with Gasteiger partial charge in [0.05, 0.1) is 6.10 Å². The summed E-state index contributed by atoms with van der Waals surface area (Å²) in [5.41, 5.74) is 1.77. The molecule has 1 heteroatoms. The van der Waals surface area contributed by atoms with E-state index < -0.39 is 0 Å². The highest BCUT2D eigenvalue weighted by Crippen LogP contribution is 2.62. The van der Waals surface area contributed by atoms with Crippen molar-refractivity contribution >= 4 is 0 Å². The molecule has 0 bridgehead atoms. The minimum atomic E-state index is -0.0220. The summed E-state index contributed by atoms with van der Waals surface area (Å²) in [6.07, 6.45) is 10.6. The van der Waals surface area contributed by atoms with E-state index in [1.807, 2.05) is 0 Å². The lowest BCUT2D eigenvalue weighted by Crippen LogP contribution is -2.49. The smallest absolute Gasteiger partial charge is 0.0596 e. The first-order valence-corrected chi connectivity index (χ1v) is 9.36. The largest absolute Gasteiger partial charge is 0.393 e. The predicted octanol–water partition coefficient (Wildman–Crippen LogP) is 4.80. The predicted molar refractivity (Wildman–Crippen MR) is 86.8 cm³/mol. The summed E-state index contributed by atoms with van der Waals surface area (Å²) < 4.78 is 0. The maximum atomic E-state index is 10.5. The van der Waals surface area contributed by atoms with E-state index in [9.17, 15) is 5.11 Å². The van der Waals surface area contributed by atoms with Gasteiger partial charge in [-0.1, -0.05) is 26.0 Å². The average Bonchev–Trinajstić information content (AvgIpc) is 2.76. The Morgan fingerprint density at radius 3 is 2.67 bits per heavy atom. The third-order valence-corrected chi connectivity index (χ3v) is 8.32. The maximum absolute atomic E-state index is 10.5. The molecule has 118 valence electrons. The highest BCUT2D eigenvalue weighted by atomic mass is 16.3. The standard InChI is InChI=1S/C20H32O/c1-12-10-14-4-5-16-15(17(14)11-13(12)2)8-9-20(3)18(16)6-7-19(20)21/h13-19,21H,1,4-11H2,2-3H3/t13-,14-,15-,16+,17-,18-,19-,20-/m0/s1. The lowest BCUT2D eigenvalue weighted by atomic mass is 9.49. The van der Waals surface area contributed by atoms with Crippen LogP contribution in [0.2, 0.25) is 0 Å². The Bertz CT molecular complexity index is 441. The monoisotopic (exact) mass is 288 g/mol. The van der Waals surface area contributed by atoms with Crippen LogP contribution in [0.4, 0.5) is 0 Å². The molecule has 4 saturated carbocycles. The van der Waals surface area contributed by atoms with Gasteiger partial charge in [0.25, 0.3) is 0 Å². The van der Waals surface area contributed by atoms with Gasteiger partial charge < -0.3 is 5.11 Å². The van der Waals surface area contributed by atoms with E-state index in [0.717, 1.165) is 41.9 Å². The van der Waals surface area contributed by atoms with Crippen LogP contribution in [0.25, 0.3) is 0 Å². The van der Waals surface area contributed by atoms with Crippen molar-refractivity contribution < 1.29 is 5.11 Å². The van der Waals surface area contributed by atoms with Gasteiger partial charge in [-0.2, -0.15) is 0 Å². The Kier molecular flexibility index (Phi) is 3.30. The number of aliphatic hydroxyl groups excluding tert-OH is 1. The second kappa shape index (κ2) is 4.85. The normalized spacial score (nSPS) is 56.5. The second-order valence-corrected chi connectivity index (χ2v) is 9.07. The molecule has 1 N–H and O–H groups in total. The van der Waals surface area contributed by atoms with Crippen LogP contribution in [-0.2, 0) is 0 Å². The van der Waals surface area contributed by atoms with Crippen molar-refractivity contribution in [3.05, 3.63) is 12.2 Å². The van der Waals surface area contributed by atoms with Gasteiger partial charge in [0.1, 0.15) is 0 Å². The van der Waals surface area contributed by atoms with Gasteiger partial charge in [-0.3, -0.25) is 0 Å². The van der Waals surface area contributed by atoms with E-state index in [2.05, 4.69) is 20.4 Å². The lowest BCUT2D eigenvalue weighted by Gasteiger charge is -2.56. The van der Waals surface area contributed by atoms with E-state index in [1.54, 1.807) is 0 Å². The number of hydrogen-bond acceptors (Lipinski definition) is 1. The summed E-state index contributed by atoms with van der Waals surface area (Å²) in [5.74, 6) is 5.33. The Balaban J connectivity index is 1.58. The van der Waals surface area contributed by atoms with Crippen LogP contribution in [0.3, 0.4) is 0 Å². The minimum Gasteiger partial charge on any atom is -0.393 e. The molecule has 4 fully saturated rings. The fraction of sp³-hybridized carbons (Fsp3) is 0.900. The zero-order valence-electron chi connectivity index (χ0n) is 13.9. The molecule has 0 radical (unpaired) electrons. The molecule has 0 unspecified atom stereocenters. The molecule has 4 aliphatic rings. The van der Waals surface area contributed by atoms with E-state index in [1.165, 1.54) is 50.5 Å². The van der Waals surface area contributed by atoms with Crippen LogP contribution < -0.4 is 0 Å². The maximum Gasteiger partial charge on any atom is 0.0596 e. The Hall–Kier alpha value is -0.300. The molecule has 0 aromatic heterocycles. The van der Waals surface area contributed by atoms with Crippen molar-refractivity contribution in [2.45, 2.75) is 71.3 Å². The molecule has 0 aromatic rings. The summed E-state index contributed by atoms with van der Waals surface area (Å²) >= 11 is 0. The zero-order valence-corrected chi connectivity index (χ0v) is 13.9. The molecular formula is C20H32O. The van der Waals surface area contributed by atoms with Gasteiger partial charge in [0.2, 0.25) is 0 Å². The number of aliphatic hydroxyl groups is 1. The first-order chi connectivity index (χ1) is 10.0. The van der Waals surface area contributed by atoms with Crippen molar-refractivity contribution in [1.82, 2.24) is 0 Å². The van der Waals surface area contributed by atoms with Gasteiger partial charge in [-0.05, 0) is 92.3 Å². The number of hydrogen-bond donors (Lipinski definition) is 1. The first kappa shape index (κ1) is 14.3. The topological polar surface area (TPSA) is 20.2 Å². The number of rotatable bonds is 0. The summed E-state index contributed by atoms with van der Waals surface area (Å²) in [4.78, 5) is 0. The molecule has 0 amide bonds. The van der Waals surface area contributed by atoms with Gasteiger partial charge in [-0.25, -0.2) is 0 Å². The molecule has 8 atom stereocenters. The lowest BCUT2D eigenvalue weighted by molar-refractivity contribution is -0.0807. The summed E-state index contributed by atoms with van der Waals surface area (Å²) in [7, 11) is 0. The number of allylic oxidation sites excluding steroid dienone is 1. The molecule has 0 heterocycles. The zero-order chi connectivity index (χ0) is 14.8. The Morgan fingerprint density at radius 1 is 1.05 bits per heavy atom. The van der Waals surface area contributed by atoms with Crippen LogP contribution in [0.1, 0.15) is 65.2 Å². The Labute approximate surface area is 130 Å². The highest BCUT2D eigenvalue weighted by molar-refractivity contribution is 5.11. The van der Waals surface area contributed by atoms with Crippen molar-refractivity contribution in [1.29, 1.82) is 0 Å². The van der Waals surface area contributed by atoms with Gasteiger partial charge in [0.15, 0.2) is 0 Å². The van der Waals surface area contributed by atoms with Gasteiger partial charge >= 0.3 is 0 Å². The Morgan fingerprint density at radius 2 is 1.86 bits per heavy atom. The molecule has 0 aromatic carbocycles. The third-order valence-electron chi connectivity index (χ3n) is 8.32. The molecule has 0 aliphatic heterocycles. The van der Waals surface area contributed by atoms with Gasteiger partial charge in [-0.15, -0.1) is 0 Å². The highest BCUT2D eigenvalue weighted by Gasteiger charge is 2.56.